The third kappa shape index (κ3) is 8.00. The van der Waals surface area contributed by atoms with E-state index in [1.165, 1.54) is 11.3 Å². The van der Waals surface area contributed by atoms with Crippen LogP contribution in [-0.4, -0.2) is 23.9 Å². The Balaban J connectivity index is 0.000000439. The standard InChI is InChI=1S/C24H20F2NSi.C7H12O2.Ir/c1-28(2,3)18-10-12-23-21(14-18)20(16-7-5-4-6-8-16)15-24(27-23)19-11-9-17(25)13-22(19)26;1-3-6(8)5-7(9)4-2;/h4-10,12-15H,1-3H3;5,8H,3-4H2,1-2H3;/q-1;;/b;6-5-;. The fraction of sp³-hybridized carbons (Fsp3) is 0.226. The van der Waals surface area contributed by atoms with Gasteiger partial charge in [-0.05, 0) is 22.9 Å². The zero-order valence-corrected chi connectivity index (χ0v) is 25.6. The number of rotatable bonds is 6. The van der Waals surface area contributed by atoms with Crippen molar-refractivity contribution in [2.24, 2.45) is 0 Å². The first kappa shape index (κ1) is 31.2. The quantitative estimate of drug-likeness (QED) is 0.0957. The molecule has 0 aliphatic rings. The van der Waals surface area contributed by atoms with Gasteiger partial charge in [0.2, 0.25) is 0 Å². The predicted molar refractivity (Wildman–Crippen MR) is 151 cm³/mol. The van der Waals surface area contributed by atoms with Crippen molar-refractivity contribution < 1.29 is 38.8 Å². The molecule has 1 aromatic heterocycles. The van der Waals surface area contributed by atoms with Crippen LogP contribution in [0.15, 0.2) is 78.6 Å². The molecule has 201 valence electrons. The van der Waals surface area contributed by atoms with Crippen molar-refractivity contribution >= 4 is 29.9 Å². The molecular formula is C31H32F2IrNO2Si-. The van der Waals surface area contributed by atoms with Gasteiger partial charge in [0.1, 0.15) is 0 Å². The fourth-order valence-corrected chi connectivity index (χ4v) is 4.87. The first-order valence-corrected chi connectivity index (χ1v) is 15.8. The summed E-state index contributed by atoms with van der Waals surface area (Å²) in [4.78, 5) is 15.2. The number of hydrogen-bond acceptors (Lipinski definition) is 3. The molecular weight excluding hydrogens is 677 g/mol. The second-order valence-electron chi connectivity index (χ2n) is 9.75. The summed E-state index contributed by atoms with van der Waals surface area (Å²) in [6.45, 7) is 10.5. The second-order valence-corrected chi connectivity index (χ2v) is 14.8. The van der Waals surface area contributed by atoms with Crippen LogP contribution in [0.5, 0.6) is 0 Å². The van der Waals surface area contributed by atoms with E-state index in [2.05, 4.69) is 42.8 Å². The number of pyridine rings is 1. The van der Waals surface area contributed by atoms with E-state index in [1.807, 2.05) is 42.5 Å². The van der Waals surface area contributed by atoms with Crippen LogP contribution in [0.3, 0.4) is 0 Å². The van der Waals surface area contributed by atoms with Gasteiger partial charge in [-0.2, -0.15) is 0 Å². The molecule has 1 N–H and O–H groups in total. The topological polar surface area (TPSA) is 50.2 Å². The molecule has 1 radical (unpaired) electrons. The Morgan fingerprint density at radius 3 is 2.26 bits per heavy atom. The molecule has 0 amide bonds. The number of carbonyl (C=O) groups excluding carboxylic acids is 1. The second kappa shape index (κ2) is 13.7. The van der Waals surface area contributed by atoms with E-state index in [0.717, 1.165) is 34.2 Å². The van der Waals surface area contributed by atoms with Crippen LogP contribution in [-0.2, 0) is 24.9 Å². The third-order valence-electron chi connectivity index (χ3n) is 5.91. The minimum atomic E-state index is -1.50. The average Bonchev–Trinajstić information content (AvgIpc) is 2.88. The molecule has 3 nitrogen and oxygen atoms in total. The molecule has 0 bridgehead atoms. The molecule has 0 aliphatic heterocycles. The van der Waals surface area contributed by atoms with Crippen LogP contribution in [0.4, 0.5) is 8.78 Å². The maximum absolute atomic E-state index is 14.4. The maximum atomic E-state index is 14.4. The van der Waals surface area contributed by atoms with Crippen molar-refractivity contribution in [2.75, 3.05) is 0 Å². The summed E-state index contributed by atoms with van der Waals surface area (Å²) in [5.74, 6) is -1.16. The molecule has 4 aromatic rings. The molecule has 1 heterocycles. The number of halogens is 2. The van der Waals surface area contributed by atoms with Gasteiger partial charge in [-0.25, -0.2) is 0 Å². The van der Waals surface area contributed by atoms with E-state index < -0.39 is 19.7 Å². The minimum absolute atomic E-state index is 0. The molecule has 38 heavy (non-hydrogen) atoms. The summed E-state index contributed by atoms with van der Waals surface area (Å²) in [7, 11) is -1.50. The summed E-state index contributed by atoms with van der Waals surface area (Å²) in [5.41, 5.74) is 3.43. The van der Waals surface area contributed by atoms with Crippen LogP contribution in [0.25, 0.3) is 33.3 Å². The molecule has 0 fully saturated rings. The predicted octanol–water partition coefficient (Wildman–Crippen LogP) is 8.01. The molecule has 3 aromatic carbocycles. The summed E-state index contributed by atoms with van der Waals surface area (Å²) in [5, 5.41) is 11.2. The number of aliphatic hydroxyl groups is 1. The molecule has 7 heteroatoms. The normalized spacial score (nSPS) is 11.4. The SMILES string of the molecule is CCC(=O)/C=C(\O)CC.C[Si](C)(C)c1ccc2nc(-c3[c-]cc(F)cc3F)cc(-c3ccccc3)c2c1.[Ir]. The summed E-state index contributed by atoms with van der Waals surface area (Å²) in [6, 6.07) is 22.9. The Hall–Kier alpha value is -2.99. The largest absolute Gasteiger partial charge is 0.512 e. The Bertz CT molecular complexity index is 1430. The molecule has 0 aliphatic carbocycles. The first-order valence-electron chi connectivity index (χ1n) is 12.3. The van der Waals surface area contributed by atoms with Crippen molar-refractivity contribution in [2.45, 2.75) is 46.3 Å². The number of ketones is 1. The molecule has 0 unspecified atom stereocenters. The third-order valence-corrected chi connectivity index (χ3v) is 7.95. The number of allylic oxidation sites excluding steroid dienone is 2. The molecule has 4 rings (SSSR count). The Morgan fingerprint density at radius 1 is 1.00 bits per heavy atom. The van der Waals surface area contributed by atoms with Gasteiger partial charge in [0.15, 0.2) is 5.78 Å². The van der Waals surface area contributed by atoms with E-state index in [-0.39, 0.29) is 37.2 Å². The fourth-order valence-electron chi connectivity index (χ4n) is 3.71. The van der Waals surface area contributed by atoms with E-state index in [9.17, 15) is 13.6 Å². The number of hydrogen-bond donors (Lipinski definition) is 1. The van der Waals surface area contributed by atoms with E-state index >= 15 is 0 Å². The molecule has 0 saturated carbocycles. The first-order chi connectivity index (χ1) is 17.5. The van der Waals surface area contributed by atoms with Crippen molar-refractivity contribution in [1.29, 1.82) is 0 Å². The number of fused-ring (bicyclic) bond motifs is 1. The van der Waals surface area contributed by atoms with Gasteiger partial charge in [0, 0.05) is 56.0 Å². The zero-order valence-electron chi connectivity index (χ0n) is 22.2. The van der Waals surface area contributed by atoms with E-state index in [1.54, 1.807) is 13.8 Å². The monoisotopic (exact) mass is 709 g/mol. The van der Waals surface area contributed by atoms with E-state index in [4.69, 9.17) is 5.11 Å². The summed E-state index contributed by atoms with van der Waals surface area (Å²) >= 11 is 0. The van der Waals surface area contributed by atoms with Gasteiger partial charge in [-0.15, -0.1) is 12.1 Å². The van der Waals surface area contributed by atoms with Gasteiger partial charge < -0.3 is 5.11 Å². The Kier molecular flexibility index (Phi) is 11.3. The number of nitrogens with zero attached hydrogens (tertiary/aromatic N) is 1. The van der Waals surface area contributed by atoms with Crippen LogP contribution < -0.4 is 5.19 Å². The van der Waals surface area contributed by atoms with Gasteiger partial charge >= 0.3 is 0 Å². The van der Waals surface area contributed by atoms with E-state index in [0.29, 0.717) is 18.5 Å². The number of aliphatic hydroxyl groups excluding tert-OH is 1. The smallest absolute Gasteiger partial charge is 0.158 e. The maximum Gasteiger partial charge on any atom is 0.158 e. The van der Waals surface area contributed by atoms with Crippen molar-refractivity contribution in [1.82, 2.24) is 4.98 Å². The van der Waals surface area contributed by atoms with Crippen molar-refractivity contribution in [3.05, 3.63) is 96.3 Å². The zero-order chi connectivity index (χ0) is 27.2. The number of carbonyl (C=O) groups is 1. The Morgan fingerprint density at radius 2 is 1.68 bits per heavy atom. The van der Waals surface area contributed by atoms with Gasteiger partial charge in [-0.1, -0.05) is 98.8 Å². The van der Waals surface area contributed by atoms with Gasteiger partial charge in [0.05, 0.1) is 19.3 Å². The molecule has 0 saturated heterocycles. The Labute approximate surface area is 238 Å². The van der Waals surface area contributed by atoms with Crippen LogP contribution >= 0.6 is 0 Å². The van der Waals surface area contributed by atoms with Crippen molar-refractivity contribution in [3.8, 4) is 22.4 Å². The van der Waals surface area contributed by atoms with Crippen LogP contribution in [0.1, 0.15) is 26.7 Å². The number of benzene rings is 3. The van der Waals surface area contributed by atoms with Crippen LogP contribution in [0.2, 0.25) is 19.6 Å². The van der Waals surface area contributed by atoms with Crippen LogP contribution in [0, 0.1) is 17.7 Å². The average molecular weight is 709 g/mol. The molecule has 0 atom stereocenters. The van der Waals surface area contributed by atoms with Gasteiger partial charge in [-0.3, -0.25) is 18.6 Å². The molecule has 0 spiro atoms. The summed E-state index contributed by atoms with van der Waals surface area (Å²) < 4.78 is 27.7. The van der Waals surface area contributed by atoms with Crippen molar-refractivity contribution in [3.63, 3.8) is 0 Å². The summed E-state index contributed by atoms with van der Waals surface area (Å²) in [6.07, 6.45) is 2.27. The number of aromatic nitrogens is 1. The van der Waals surface area contributed by atoms with Gasteiger partial charge in [0.25, 0.3) is 0 Å². The minimum Gasteiger partial charge on any atom is -0.512 e.